The zero-order chi connectivity index (χ0) is 42.8. The molecule has 16 heteroatoms. The number of hydrogen-bond acceptors (Lipinski definition) is 11. The molecule has 61 heavy (non-hydrogen) atoms. The summed E-state index contributed by atoms with van der Waals surface area (Å²) in [5, 5.41) is 11.3. The second-order valence-corrected chi connectivity index (χ2v) is 18.8. The third-order valence-corrected chi connectivity index (χ3v) is 13.2. The molecule has 318 valence electrons. The van der Waals surface area contributed by atoms with Crippen molar-refractivity contribution in [3.63, 3.8) is 0 Å². The van der Waals surface area contributed by atoms with Crippen LogP contribution in [-0.4, -0.2) is 92.4 Å². The van der Waals surface area contributed by atoms with Gasteiger partial charge in [-0.05, 0) is 78.3 Å². The third-order valence-electron chi connectivity index (χ3n) is 11.7. The van der Waals surface area contributed by atoms with Gasteiger partial charge in [0.05, 0.1) is 18.0 Å². The number of allylic oxidation sites excluding steroid dienone is 1. The number of aromatic nitrogens is 3. The molecular formula is C45H47ClFN7O6S. The normalized spacial score (nSPS) is 18.1. The maximum absolute atomic E-state index is 15.1. The van der Waals surface area contributed by atoms with Crippen LogP contribution in [0.15, 0.2) is 89.7 Å². The van der Waals surface area contributed by atoms with Gasteiger partial charge in [0.1, 0.15) is 45.9 Å². The number of nitriles is 1. The predicted octanol–water partition coefficient (Wildman–Crippen LogP) is 8.08. The Labute approximate surface area is 359 Å². The predicted molar refractivity (Wildman–Crippen MR) is 230 cm³/mol. The van der Waals surface area contributed by atoms with Crippen LogP contribution in [0.5, 0.6) is 17.4 Å². The summed E-state index contributed by atoms with van der Waals surface area (Å²) < 4.78 is 61.5. The van der Waals surface area contributed by atoms with Gasteiger partial charge >= 0.3 is 0 Å². The van der Waals surface area contributed by atoms with Gasteiger partial charge in [0, 0.05) is 87.1 Å². The molecule has 5 heterocycles. The molecule has 2 fully saturated rings. The molecule has 0 radical (unpaired) electrons. The summed E-state index contributed by atoms with van der Waals surface area (Å²) in [6, 6.07) is 19.7. The van der Waals surface area contributed by atoms with Crippen molar-refractivity contribution in [1.82, 2.24) is 24.6 Å². The van der Waals surface area contributed by atoms with E-state index in [2.05, 4.69) is 55.5 Å². The molecule has 0 spiro atoms. The van der Waals surface area contributed by atoms with E-state index in [0.717, 1.165) is 80.3 Å². The zero-order valence-electron chi connectivity index (χ0n) is 34.0. The van der Waals surface area contributed by atoms with Crippen LogP contribution < -0.4 is 19.1 Å². The number of nitrogens with zero attached hydrogens (tertiary/aromatic N) is 5. The standard InChI is InChI=1S/C45H47ClFN7O6S/c1-44(2)11-9-32(39(24-44)30-3-5-34(46)6-4-30)28-53-15-17-54(18-16-53)35-7-8-38(40(23-35)60-36-21-31-10-14-49-41(31)50-26-36)42(55)52-61(56,57)37-22-33(25-48)43(51-27-37)59-29-45(47)12-19-58-20-13-45/h3-8,10,14,21-23,26-27H,9,11-13,15-20,24,28-29H2,1-2H3,(H,49,50)(H,52,55). The Balaban J connectivity index is 0.997. The minimum Gasteiger partial charge on any atom is -0.473 e. The van der Waals surface area contributed by atoms with Gasteiger partial charge in [0.25, 0.3) is 15.9 Å². The molecule has 5 aromatic rings. The number of halogens is 2. The fraction of sp³-hybridized carbons (Fsp3) is 0.378. The van der Waals surface area contributed by atoms with Crippen LogP contribution in [0, 0.1) is 16.7 Å². The number of fused-ring (bicyclic) bond motifs is 1. The van der Waals surface area contributed by atoms with Gasteiger partial charge in [-0.25, -0.2) is 27.5 Å². The molecule has 3 aliphatic rings. The highest BCUT2D eigenvalue weighted by Gasteiger charge is 2.34. The molecule has 0 bridgehead atoms. The van der Waals surface area contributed by atoms with Crippen LogP contribution in [0.2, 0.25) is 5.02 Å². The molecule has 13 nitrogen and oxygen atoms in total. The number of H-pyrrole nitrogens is 1. The summed E-state index contributed by atoms with van der Waals surface area (Å²) in [7, 11) is -4.55. The maximum Gasteiger partial charge on any atom is 0.268 e. The molecule has 0 atom stereocenters. The van der Waals surface area contributed by atoms with Crippen molar-refractivity contribution in [3.05, 3.63) is 107 Å². The summed E-state index contributed by atoms with van der Waals surface area (Å²) >= 11 is 6.24. The number of carbonyl (C=O) groups is 1. The summed E-state index contributed by atoms with van der Waals surface area (Å²) in [5.41, 5.74) is 3.86. The van der Waals surface area contributed by atoms with Gasteiger partial charge in [-0.2, -0.15) is 5.26 Å². The van der Waals surface area contributed by atoms with E-state index in [-0.39, 0.29) is 60.8 Å². The minimum atomic E-state index is -4.55. The second-order valence-electron chi connectivity index (χ2n) is 16.7. The van der Waals surface area contributed by atoms with Crippen molar-refractivity contribution >= 4 is 49.8 Å². The lowest BCUT2D eigenvalue weighted by Crippen LogP contribution is -2.47. The number of amides is 1. The van der Waals surface area contributed by atoms with Gasteiger partial charge in [-0.3, -0.25) is 9.69 Å². The van der Waals surface area contributed by atoms with Crippen molar-refractivity contribution in [3.8, 4) is 23.4 Å². The SMILES string of the molecule is CC1(C)CCC(CN2CCN(c3ccc(C(=O)NS(=O)(=O)c4cnc(OCC5(F)CCOCC5)c(C#N)c4)c(Oc4cnc5[nH]ccc5c4)c3)CC2)=C(c2ccc(Cl)cc2)C1. The molecule has 2 saturated heterocycles. The summed E-state index contributed by atoms with van der Waals surface area (Å²) in [4.78, 5) is 29.6. The first kappa shape index (κ1) is 42.2. The molecule has 2 N–H and O–H groups in total. The van der Waals surface area contributed by atoms with E-state index in [0.29, 0.717) is 11.4 Å². The molecule has 3 aromatic heterocycles. The fourth-order valence-electron chi connectivity index (χ4n) is 8.07. The summed E-state index contributed by atoms with van der Waals surface area (Å²) in [6.45, 7) is 8.74. The minimum absolute atomic E-state index is 0.0415. The lowest BCUT2D eigenvalue weighted by Gasteiger charge is -2.39. The maximum atomic E-state index is 15.1. The quantitative estimate of drug-likeness (QED) is 0.125. The number of nitrogens with one attached hydrogen (secondary N) is 2. The average Bonchev–Trinajstić information content (AvgIpc) is 3.72. The van der Waals surface area contributed by atoms with Crippen LogP contribution in [0.4, 0.5) is 10.1 Å². The number of alkyl halides is 1. The number of rotatable bonds is 12. The number of anilines is 1. The highest BCUT2D eigenvalue weighted by molar-refractivity contribution is 7.90. The number of ether oxygens (including phenoxy) is 3. The smallest absolute Gasteiger partial charge is 0.268 e. The summed E-state index contributed by atoms with van der Waals surface area (Å²) in [5.74, 6) is -0.699. The number of benzene rings is 2. The van der Waals surface area contributed by atoms with E-state index < -0.39 is 26.5 Å². The van der Waals surface area contributed by atoms with Gasteiger partial charge in [0.2, 0.25) is 5.88 Å². The molecule has 1 amide bonds. The monoisotopic (exact) mass is 867 g/mol. The van der Waals surface area contributed by atoms with Crippen molar-refractivity contribution < 1.29 is 31.8 Å². The van der Waals surface area contributed by atoms with E-state index in [1.165, 1.54) is 29.0 Å². The van der Waals surface area contributed by atoms with Gasteiger partial charge in [0.15, 0.2) is 0 Å². The van der Waals surface area contributed by atoms with E-state index in [4.69, 9.17) is 25.8 Å². The van der Waals surface area contributed by atoms with E-state index in [9.17, 15) is 18.5 Å². The largest absolute Gasteiger partial charge is 0.473 e. The van der Waals surface area contributed by atoms with Crippen LogP contribution in [0.3, 0.4) is 0 Å². The number of aromatic amines is 1. The molecule has 0 unspecified atom stereocenters. The first-order valence-electron chi connectivity index (χ1n) is 20.3. The Morgan fingerprint density at radius 3 is 2.54 bits per heavy atom. The summed E-state index contributed by atoms with van der Waals surface area (Å²) in [6.07, 6.45) is 7.67. The van der Waals surface area contributed by atoms with Crippen LogP contribution in [0.1, 0.15) is 67.4 Å². The Hall–Kier alpha value is -5.53. The Morgan fingerprint density at radius 1 is 1.02 bits per heavy atom. The fourth-order valence-corrected chi connectivity index (χ4v) is 9.13. The highest BCUT2D eigenvalue weighted by atomic mass is 35.5. The molecule has 2 aromatic carbocycles. The molecule has 8 rings (SSSR count). The van der Waals surface area contributed by atoms with Gasteiger partial charge in [-0.1, -0.05) is 43.2 Å². The van der Waals surface area contributed by atoms with Crippen LogP contribution in [-0.2, 0) is 14.8 Å². The first-order chi connectivity index (χ1) is 29.3. The molecular weight excluding hydrogens is 821 g/mol. The van der Waals surface area contributed by atoms with Crippen molar-refractivity contribution in [1.29, 1.82) is 5.26 Å². The Bertz CT molecular complexity index is 2610. The first-order valence-corrected chi connectivity index (χ1v) is 22.2. The van der Waals surface area contributed by atoms with E-state index in [1.807, 2.05) is 24.3 Å². The van der Waals surface area contributed by atoms with Crippen molar-refractivity contribution in [2.45, 2.75) is 56.5 Å². The van der Waals surface area contributed by atoms with Crippen molar-refractivity contribution in [2.75, 3.05) is 57.4 Å². The van der Waals surface area contributed by atoms with E-state index >= 15 is 4.39 Å². The van der Waals surface area contributed by atoms with Crippen LogP contribution >= 0.6 is 11.6 Å². The average molecular weight is 868 g/mol. The number of pyridine rings is 2. The topological polar surface area (TPSA) is 163 Å². The van der Waals surface area contributed by atoms with Crippen LogP contribution in [0.25, 0.3) is 16.6 Å². The lowest BCUT2D eigenvalue weighted by molar-refractivity contribution is -0.0331. The Kier molecular flexibility index (Phi) is 12.1. The van der Waals surface area contributed by atoms with Gasteiger partial charge in [-0.15, -0.1) is 0 Å². The van der Waals surface area contributed by atoms with Crippen molar-refractivity contribution in [2.24, 2.45) is 5.41 Å². The molecule has 2 aliphatic heterocycles. The molecule has 0 saturated carbocycles. The number of sulfonamides is 1. The van der Waals surface area contributed by atoms with Gasteiger partial charge < -0.3 is 24.1 Å². The number of carbonyl (C=O) groups excluding carboxylic acids is 1. The lowest BCUT2D eigenvalue weighted by atomic mass is 9.72. The highest BCUT2D eigenvalue weighted by Crippen LogP contribution is 2.43. The third kappa shape index (κ3) is 9.84. The van der Waals surface area contributed by atoms with E-state index in [1.54, 1.807) is 24.4 Å². The zero-order valence-corrected chi connectivity index (χ0v) is 35.6. The second kappa shape index (κ2) is 17.4. The Morgan fingerprint density at radius 2 is 1.79 bits per heavy atom. The number of hydrogen-bond donors (Lipinski definition) is 2. The molecule has 1 aliphatic carbocycles. The number of piperazine rings is 1.